The summed E-state index contributed by atoms with van der Waals surface area (Å²) in [7, 11) is 2.20. The zero-order valence-corrected chi connectivity index (χ0v) is 12.4. The molecule has 20 heavy (non-hydrogen) atoms. The van der Waals surface area contributed by atoms with Crippen molar-refractivity contribution >= 4 is 22.3 Å². The van der Waals surface area contributed by atoms with Crippen molar-refractivity contribution in [2.45, 2.75) is 19.3 Å². The first kappa shape index (κ1) is 13.5. The fraction of sp³-hybridized carbons (Fsp3) is 0.500. The van der Waals surface area contributed by atoms with Gasteiger partial charge in [-0.1, -0.05) is 0 Å². The van der Waals surface area contributed by atoms with Gasteiger partial charge < -0.3 is 10.2 Å². The van der Waals surface area contributed by atoms with Crippen molar-refractivity contribution in [1.82, 2.24) is 19.9 Å². The van der Waals surface area contributed by atoms with E-state index in [1.807, 2.05) is 11.4 Å². The second-order valence-corrected chi connectivity index (χ2v) is 6.23. The van der Waals surface area contributed by atoms with Gasteiger partial charge in [0.25, 0.3) is 0 Å². The van der Waals surface area contributed by atoms with E-state index in [0.29, 0.717) is 5.92 Å². The number of hydrogen-bond donors (Lipinski definition) is 1. The number of piperidine rings is 1. The summed E-state index contributed by atoms with van der Waals surface area (Å²) in [6, 6.07) is 2.04. The van der Waals surface area contributed by atoms with E-state index in [2.05, 4.69) is 32.2 Å². The van der Waals surface area contributed by atoms with E-state index < -0.39 is 0 Å². The molecule has 1 saturated heterocycles. The third-order valence-electron chi connectivity index (χ3n) is 3.61. The van der Waals surface area contributed by atoms with Crippen LogP contribution in [0.2, 0.25) is 0 Å². The maximum absolute atomic E-state index is 4.40. The van der Waals surface area contributed by atoms with Crippen molar-refractivity contribution in [3.05, 3.63) is 29.7 Å². The van der Waals surface area contributed by atoms with E-state index in [9.17, 15) is 0 Å². The predicted molar refractivity (Wildman–Crippen MR) is 81.4 cm³/mol. The number of aromatic nitrogens is 3. The molecule has 3 rings (SSSR count). The zero-order chi connectivity index (χ0) is 13.8. The molecule has 0 bridgehead atoms. The summed E-state index contributed by atoms with van der Waals surface area (Å²) in [6.07, 6.45) is 7.03. The van der Waals surface area contributed by atoms with Crippen LogP contribution in [0, 0.1) is 5.92 Å². The maximum atomic E-state index is 4.40. The van der Waals surface area contributed by atoms with Crippen LogP contribution in [0.3, 0.4) is 0 Å². The smallest absolute Gasteiger partial charge is 0.188 e. The Labute approximate surface area is 123 Å². The molecule has 0 amide bonds. The van der Waals surface area contributed by atoms with Gasteiger partial charge >= 0.3 is 0 Å². The number of hydrogen-bond acceptors (Lipinski definition) is 6. The van der Waals surface area contributed by atoms with E-state index in [-0.39, 0.29) is 0 Å². The highest BCUT2D eigenvalue weighted by molar-refractivity contribution is 7.13. The second kappa shape index (κ2) is 6.28. The minimum absolute atomic E-state index is 0.705. The Morgan fingerprint density at radius 2 is 2.35 bits per heavy atom. The lowest BCUT2D eigenvalue weighted by Gasteiger charge is -2.29. The average molecular weight is 289 g/mol. The molecule has 0 aromatic carbocycles. The molecule has 5 nitrogen and oxygen atoms in total. The Kier molecular flexibility index (Phi) is 4.22. The van der Waals surface area contributed by atoms with Gasteiger partial charge in [0.2, 0.25) is 0 Å². The molecule has 1 fully saturated rings. The van der Waals surface area contributed by atoms with Gasteiger partial charge in [0, 0.05) is 29.9 Å². The first-order valence-corrected chi connectivity index (χ1v) is 7.83. The van der Waals surface area contributed by atoms with Crippen molar-refractivity contribution in [3.63, 3.8) is 0 Å². The summed E-state index contributed by atoms with van der Waals surface area (Å²) >= 11 is 1.57. The maximum Gasteiger partial charge on any atom is 0.188 e. The van der Waals surface area contributed by atoms with Gasteiger partial charge in [-0.2, -0.15) is 0 Å². The lowest BCUT2D eigenvalue weighted by atomic mass is 9.93. The predicted octanol–water partition coefficient (Wildman–Crippen LogP) is 2.56. The molecular formula is C14H19N5S. The summed E-state index contributed by atoms with van der Waals surface area (Å²) in [4.78, 5) is 15.3. The van der Waals surface area contributed by atoms with Crippen LogP contribution < -0.4 is 5.32 Å². The van der Waals surface area contributed by atoms with Gasteiger partial charge in [-0.25, -0.2) is 15.0 Å². The highest BCUT2D eigenvalue weighted by Crippen LogP contribution is 2.21. The molecule has 0 unspecified atom stereocenters. The Bertz CT molecular complexity index is 542. The molecule has 1 aliphatic heterocycles. The lowest BCUT2D eigenvalue weighted by molar-refractivity contribution is 0.208. The molecule has 6 heteroatoms. The molecular weight excluding hydrogens is 270 g/mol. The van der Waals surface area contributed by atoms with Crippen molar-refractivity contribution in [2.75, 3.05) is 25.5 Å². The first-order chi connectivity index (χ1) is 9.79. The number of nitrogens with zero attached hydrogens (tertiary/aromatic N) is 4. The summed E-state index contributed by atoms with van der Waals surface area (Å²) in [6.45, 7) is 2.39. The van der Waals surface area contributed by atoms with Crippen molar-refractivity contribution in [2.24, 2.45) is 5.92 Å². The SMILES string of the molecule is CN1CCC[C@@H](Cc2cc(Nc3nccs3)ncn2)C1. The van der Waals surface area contributed by atoms with Crippen LogP contribution in [0.4, 0.5) is 10.9 Å². The molecule has 1 N–H and O–H groups in total. The lowest BCUT2D eigenvalue weighted by Crippen LogP contribution is -2.33. The van der Waals surface area contributed by atoms with Crippen molar-refractivity contribution in [1.29, 1.82) is 0 Å². The van der Waals surface area contributed by atoms with Crippen LogP contribution in [0.5, 0.6) is 0 Å². The van der Waals surface area contributed by atoms with E-state index >= 15 is 0 Å². The van der Waals surface area contributed by atoms with Crippen LogP contribution in [-0.2, 0) is 6.42 Å². The van der Waals surface area contributed by atoms with E-state index in [1.54, 1.807) is 23.9 Å². The standard InChI is InChI=1S/C14H19N5S/c1-19-5-2-3-11(9-19)7-12-8-13(17-10-16-12)18-14-15-4-6-20-14/h4,6,8,10-11H,2-3,5,7,9H2,1H3,(H,15,16,17,18)/t11-/m0/s1. The Balaban J connectivity index is 1.65. The molecule has 2 aromatic heterocycles. The first-order valence-electron chi connectivity index (χ1n) is 6.95. The number of anilines is 2. The van der Waals surface area contributed by atoms with Crippen molar-refractivity contribution in [3.8, 4) is 0 Å². The second-order valence-electron chi connectivity index (χ2n) is 5.33. The largest absolute Gasteiger partial charge is 0.316 e. The molecule has 0 aliphatic carbocycles. The average Bonchev–Trinajstić information content (AvgIpc) is 2.92. The minimum atomic E-state index is 0.705. The molecule has 2 aromatic rings. The number of thiazole rings is 1. The van der Waals surface area contributed by atoms with E-state index in [0.717, 1.165) is 23.1 Å². The Morgan fingerprint density at radius 1 is 1.40 bits per heavy atom. The van der Waals surface area contributed by atoms with Crippen LogP contribution in [0.25, 0.3) is 0 Å². The van der Waals surface area contributed by atoms with Crippen LogP contribution in [-0.4, -0.2) is 40.0 Å². The highest BCUT2D eigenvalue weighted by atomic mass is 32.1. The highest BCUT2D eigenvalue weighted by Gasteiger charge is 2.18. The molecule has 3 heterocycles. The van der Waals surface area contributed by atoms with Gasteiger partial charge in [0.15, 0.2) is 5.13 Å². The summed E-state index contributed by atoms with van der Waals surface area (Å²) in [5, 5.41) is 6.03. The number of nitrogens with one attached hydrogen (secondary N) is 1. The van der Waals surface area contributed by atoms with E-state index in [1.165, 1.54) is 25.9 Å². The third-order valence-corrected chi connectivity index (χ3v) is 4.30. The number of likely N-dealkylation sites (tertiary alicyclic amines) is 1. The molecule has 106 valence electrons. The zero-order valence-electron chi connectivity index (χ0n) is 11.6. The van der Waals surface area contributed by atoms with Crippen LogP contribution >= 0.6 is 11.3 Å². The minimum Gasteiger partial charge on any atom is -0.316 e. The van der Waals surface area contributed by atoms with Crippen LogP contribution in [0.1, 0.15) is 18.5 Å². The van der Waals surface area contributed by atoms with Gasteiger partial charge in [0.05, 0.1) is 0 Å². The van der Waals surface area contributed by atoms with Crippen LogP contribution in [0.15, 0.2) is 24.0 Å². The summed E-state index contributed by atoms with van der Waals surface area (Å²) in [5.74, 6) is 1.53. The molecule has 0 radical (unpaired) electrons. The van der Waals surface area contributed by atoms with Gasteiger partial charge in [-0.05, 0) is 38.8 Å². The molecule has 0 spiro atoms. The Morgan fingerprint density at radius 3 is 3.15 bits per heavy atom. The molecule has 0 saturated carbocycles. The summed E-state index contributed by atoms with van der Waals surface area (Å²) in [5.41, 5.74) is 1.11. The Hall–Kier alpha value is -1.53. The van der Waals surface area contributed by atoms with Gasteiger partial charge in [0.1, 0.15) is 12.1 Å². The molecule has 1 atom stereocenters. The van der Waals surface area contributed by atoms with Gasteiger partial charge in [-0.3, -0.25) is 0 Å². The normalized spacial score (nSPS) is 19.9. The third kappa shape index (κ3) is 3.52. The van der Waals surface area contributed by atoms with Crippen molar-refractivity contribution < 1.29 is 0 Å². The fourth-order valence-electron chi connectivity index (χ4n) is 2.71. The molecule has 1 aliphatic rings. The number of rotatable bonds is 4. The topological polar surface area (TPSA) is 53.9 Å². The van der Waals surface area contributed by atoms with E-state index in [4.69, 9.17) is 0 Å². The monoisotopic (exact) mass is 289 g/mol. The van der Waals surface area contributed by atoms with Gasteiger partial charge in [-0.15, -0.1) is 11.3 Å². The summed E-state index contributed by atoms with van der Waals surface area (Å²) < 4.78 is 0. The quantitative estimate of drug-likeness (QED) is 0.937. The fourth-order valence-corrected chi connectivity index (χ4v) is 3.24.